The van der Waals surface area contributed by atoms with E-state index in [9.17, 15) is 4.79 Å². The van der Waals surface area contributed by atoms with Gasteiger partial charge in [0.2, 0.25) is 0 Å². The van der Waals surface area contributed by atoms with Gasteiger partial charge in [0.25, 0.3) is 0 Å². The first-order valence-electron chi connectivity index (χ1n) is 1.20. The van der Waals surface area contributed by atoms with Crippen molar-refractivity contribution in [3.63, 3.8) is 0 Å². The van der Waals surface area contributed by atoms with Gasteiger partial charge in [0, 0.05) is 0 Å². The maximum atomic E-state index is 9.44. The Bertz CT molecular complexity index is 40.3. The average molecular weight is 130 g/mol. The molecule has 0 bridgehead atoms. The van der Waals surface area contributed by atoms with Gasteiger partial charge in [-0.2, -0.15) is 0 Å². The van der Waals surface area contributed by atoms with Crippen molar-refractivity contribution in [3.8, 4) is 0 Å². The third-order valence-electron chi connectivity index (χ3n) is 0. The molecule has 0 N–H and O–H groups in total. The van der Waals surface area contributed by atoms with Crippen LogP contribution in [0, 0.1) is 0 Å². The number of rotatable bonds is 0. The fourth-order valence-corrected chi connectivity index (χ4v) is 0. The van der Waals surface area contributed by atoms with Crippen molar-refractivity contribution in [2.24, 2.45) is 0 Å². The second-order valence-electron chi connectivity index (χ2n) is 0.908. The summed E-state index contributed by atoms with van der Waals surface area (Å²) in [5, 5.41) is 0. The summed E-state index contributed by atoms with van der Waals surface area (Å²) >= 11 is 0. The average Bonchev–Trinajstić information content (AvgIpc) is 0.811. The van der Waals surface area contributed by atoms with Crippen LogP contribution in [-0.4, -0.2) is 60.9 Å². The Kier molecular flexibility index (Phi) is 25.3. The molecule has 6 heavy (non-hydrogen) atoms. The molecule has 0 aromatic heterocycles. The Labute approximate surface area is 81.6 Å². The monoisotopic (exact) mass is 130 g/mol. The fourth-order valence-electron chi connectivity index (χ4n) is 0. The molecule has 0 spiro atoms. The van der Waals surface area contributed by atoms with E-state index >= 15 is 0 Å². The molecular formula is C3H11AlCaO. The number of carbonyl (C=O) groups excluding carboxylic acids is 1. The van der Waals surface area contributed by atoms with Gasteiger partial charge in [-0.25, -0.2) is 0 Å². The SMILES string of the molecule is CC(C)=O.[AlH3].[Ca+2].[H-].[H-]. The van der Waals surface area contributed by atoms with Crippen molar-refractivity contribution in [1.82, 2.24) is 0 Å². The minimum Gasteiger partial charge on any atom is -1.00 e. The van der Waals surface area contributed by atoms with E-state index in [2.05, 4.69) is 0 Å². The minimum absolute atomic E-state index is 0. The van der Waals surface area contributed by atoms with Gasteiger partial charge in [-0.1, -0.05) is 0 Å². The number of hydrogen-bond acceptors (Lipinski definition) is 1. The second kappa shape index (κ2) is 9.68. The van der Waals surface area contributed by atoms with Crippen LogP contribution in [0.5, 0.6) is 0 Å². The molecule has 0 unspecified atom stereocenters. The topological polar surface area (TPSA) is 17.1 Å². The molecule has 3 heteroatoms. The van der Waals surface area contributed by atoms with Crippen molar-refractivity contribution >= 4 is 60.9 Å². The summed E-state index contributed by atoms with van der Waals surface area (Å²) in [6.07, 6.45) is 0. The zero-order valence-corrected chi connectivity index (χ0v) is 5.82. The summed E-state index contributed by atoms with van der Waals surface area (Å²) < 4.78 is 0. The zero-order chi connectivity index (χ0) is 3.58. The van der Waals surface area contributed by atoms with Crippen LogP contribution in [0.15, 0.2) is 0 Å². The molecule has 0 fully saturated rings. The number of ketones is 1. The number of carbonyl (C=O) groups is 1. The Morgan fingerprint density at radius 2 is 1.50 bits per heavy atom. The third kappa shape index (κ3) is 50.9. The maximum Gasteiger partial charge on any atom is 2.00 e. The van der Waals surface area contributed by atoms with Gasteiger partial charge < -0.3 is 7.65 Å². The predicted molar refractivity (Wildman–Crippen MR) is 34.3 cm³/mol. The van der Waals surface area contributed by atoms with Gasteiger partial charge in [0.1, 0.15) is 5.78 Å². The molecule has 0 saturated heterocycles. The third-order valence-corrected chi connectivity index (χ3v) is 0. The van der Waals surface area contributed by atoms with Gasteiger partial charge in [-0.15, -0.1) is 0 Å². The molecule has 0 aliphatic carbocycles. The van der Waals surface area contributed by atoms with E-state index in [1.807, 2.05) is 0 Å². The van der Waals surface area contributed by atoms with Crippen LogP contribution in [-0.2, 0) is 4.79 Å². The zero-order valence-electron chi connectivity index (χ0n) is 5.62. The van der Waals surface area contributed by atoms with Crippen molar-refractivity contribution in [3.05, 3.63) is 0 Å². The Balaban J connectivity index is -0.00000000750. The first-order chi connectivity index (χ1) is 1.73. The molecule has 0 saturated carbocycles. The fraction of sp³-hybridized carbons (Fsp3) is 0.667. The Morgan fingerprint density at radius 3 is 1.50 bits per heavy atom. The van der Waals surface area contributed by atoms with Crippen LogP contribution in [0.1, 0.15) is 16.7 Å². The minimum atomic E-state index is 0. The van der Waals surface area contributed by atoms with Crippen molar-refractivity contribution in [2.75, 3.05) is 0 Å². The molecule has 0 aliphatic rings. The largest absolute Gasteiger partial charge is 2.00 e. The summed E-state index contributed by atoms with van der Waals surface area (Å²) in [5.41, 5.74) is 0. The number of Topliss-reactive ketones (excluding diaryl/α,β-unsaturated/α-hetero) is 1. The first-order valence-corrected chi connectivity index (χ1v) is 1.20. The van der Waals surface area contributed by atoms with Crippen molar-refractivity contribution in [2.45, 2.75) is 13.8 Å². The normalized spacial score (nSPS) is 4.33. The molecule has 0 amide bonds. The summed E-state index contributed by atoms with van der Waals surface area (Å²) in [7, 11) is 0. The van der Waals surface area contributed by atoms with Crippen LogP contribution in [0.4, 0.5) is 0 Å². The van der Waals surface area contributed by atoms with E-state index in [1.165, 1.54) is 13.8 Å². The van der Waals surface area contributed by atoms with Crippen LogP contribution >= 0.6 is 0 Å². The standard InChI is InChI=1S/C3H6O.Al.Ca.5H/c1-3(2)4;;;;;;;/h1-2H3;;;;;;;/q;;+2;;;;2*-1. The van der Waals surface area contributed by atoms with E-state index < -0.39 is 0 Å². The van der Waals surface area contributed by atoms with Crippen molar-refractivity contribution < 1.29 is 7.65 Å². The van der Waals surface area contributed by atoms with E-state index in [0.717, 1.165) is 0 Å². The predicted octanol–water partition coefficient (Wildman–Crippen LogP) is -0.744. The van der Waals surface area contributed by atoms with E-state index in [1.54, 1.807) is 0 Å². The molecular weight excluding hydrogens is 119 g/mol. The quantitative estimate of drug-likeness (QED) is 0.394. The van der Waals surface area contributed by atoms with Gasteiger partial charge in [-0.05, 0) is 13.8 Å². The van der Waals surface area contributed by atoms with Gasteiger partial charge in [0.05, 0.1) is 0 Å². The van der Waals surface area contributed by atoms with E-state index in [0.29, 0.717) is 0 Å². The Morgan fingerprint density at radius 1 is 1.50 bits per heavy atom. The van der Waals surface area contributed by atoms with E-state index in [4.69, 9.17) is 0 Å². The molecule has 34 valence electrons. The smallest absolute Gasteiger partial charge is 1.00 e. The Hall–Kier alpha value is 1.46. The van der Waals surface area contributed by atoms with Crippen LogP contribution < -0.4 is 0 Å². The molecule has 0 aliphatic heterocycles. The molecule has 1 nitrogen and oxygen atoms in total. The summed E-state index contributed by atoms with van der Waals surface area (Å²) in [5.74, 6) is 0.167. The van der Waals surface area contributed by atoms with Gasteiger partial charge in [-0.3, -0.25) is 0 Å². The van der Waals surface area contributed by atoms with Crippen LogP contribution in [0.25, 0.3) is 0 Å². The van der Waals surface area contributed by atoms with Crippen molar-refractivity contribution in [1.29, 1.82) is 0 Å². The maximum absolute atomic E-state index is 9.44. The number of hydrogen-bond donors (Lipinski definition) is 0. The summed E-state index contributed by atoms with van der Waals surface area (Å²) in [6, 6.07) is 0. The second-order valence-corrected chi connectivity index (χ2v) is 0.908. The van der Waals surface area contributed by atoms with Crippen LogP contribution in [0.3, 0.4) is 0 Å². The molecule has 0 aromatic carbocycles. The molecule has 0 radical (unpaired) electrons. The molecule has 0 rings (SSSR count). The van der Waals surface area contributed by atoms with Gasteiger partial charge in [0.15, 0.2) is 17.4 Å². The van der Waals surface area contributed by atoms with E-state index in [-0.39, 0.29) is 63.7 Å². The molecule has 0 atom stereocenters. The summed E-state index contributed by atoms with van der Waals surface area (Å²) in [6.45, 7) is 3.06. The van der Waals surface area contributed by atoms with Gasteiger partial charge >= 0.3 is 37.7 Å². The first kappa shape index (κ1) is 15.7. The summed E-state index contributed by atoms with van der Waals surface area (Å²) in [4.78, 5) is 9.44. The van der Waals surface area contributed by atoms with Crippen LogP contribution in [0.2, 0.25) is 0 Å². The molecule has 0 aromatic rings. The molecule has 0 heterocycles.